The number of hydrogen-bond donors (Lipinski definition) is 2. The minimum atomic E-state index is -1.08. The van der Waals surface area contributed by atoms with E-state index in [9.17, 15) is 14.7 Å². The summed E-state index contributed by atoms with van der Waals surface area (Å²) in [4.78, 5) is 27.4. The van der Waals surface area contributed by atoms with Gasteiger partial charge in [0.1, 0.15) is 0 Å². The maximum atomic E-state index is 12.9. The summed E-state index contributed by atoms with van der Waals surface area (Å²) in [6, 6.07) is 7.00. The van der Waals surface area contributed by atoms with E-state index >= 15 is 0 Å². The summed E-state index contributed by atoms with van der Waals surface area (Å²) in [7, 11) is 0. The fourth-order valence-corrected chi connectivity index (χ4v) is 4.97. The number of carbonyl (C=O) groups excluding carboxylic acids is 2. The zero-order valence-corrected chi connectivity index (χ0v) is 22.1. The molecule has 2 aliphatic heterocycles. The number of nitrogens with zero attached hydrogens (tertiary/aromatic N) is 3. The van der Waals surface area contributed by atoms with Crippen LogP contribution in [0.15, 0.2) is 24.3 Å². The van der Waals surface area contributed by atoms with Crippen LogP contribution in [-0.4, -0.2) is 71.1 Å². The van der Waals surface area contributed by atoms with Crippen molar-refractivity contribution in [2.45, 2.75) is 65.2 Å². The summed E-state index contributed by atoms with van der Waals surface area (Å²) in [5.74, 6) is 0.0265. The molecule has 1 saturated heterocycles. The Kier molecular flexibility index (Phi) is 9.71. The normalized spacial score (nSPS) is 18.6. The summed E-state index contributed by atoms with van der Waals surface area (Å²) >= 11 is 0. The third-order valence-electron chi connectivity index (χ3n) is 7.00. The van der Waals surface area contributed by atoms with Crippen molar-refractivity contribution in [3.63, 3.8) is 0 Å². The van der Waals surface area contributed by atoms with Gasteiger partial charge in [-0.1, -0.05) is 26.0 Å². The molecule has 0 spiro atoms. The van der Waals surface area contributed by atoms with Gasteiger partial charge in [0.2, 0.25) is 0 Å². The number of amides is 2. The zero-order valence-electron chi connectivity index (χ0n) is 22.1. The van der Waals surface area contributed by atoms with E-state index in [4.69, 9.17) is 14.6 Å². The number of aryl methyl sites for hydroxylation is 1. The van der Waals surface area contributed by atoms with Crippen molar-refractivity contribution in [2.24, 2.45) is 5.92 Å². The van der Waals surface area contributed by atoms with Gasteiger partial charge in [0, 0.05) is 50.5 Å². The van der Waals surface area contributed by atoms with E-state index in [1.54, 1.807) is 24.3 Å². The Bertz CT molecular complexity index is 1050. The maximum Gasteiger partial charge on any atom is 0.255 e. The third-order valence-corrected chi connectivity index (χ3v) is 7.00. The average Bonchev–Trinajstić information content (AvgIpc) is 3.56. The van der Waals surface area contributed by atoms with Gasteiger partial charge in [-0.3, -0.25) is 14.3 Å². The second-order valence-corrected chi connectivity index (χ2v) is 10.0. The average molecular weight is 513 g/mol. The maximum absolute atomic E-state index is 12.9. The van der Waals surface area contributed by atoms with Gasteiger partial charge in [-0.25, -0.2) is 0 Å². The summed E-state index contributed by atoms with van der Waals surface area (Å²) in [5, 5.41) is 18.4. The molecule has 37 heavy (non-hydrogen) atoms. The third kappa shape index (κ3) is 6.97. The predicted molar refractivity (Wildman–Crippen MR) is 139 cm³/mol. The summed E-state index contributed by atoms with van der Waals surface area (Å²) < 4.78 is 13.4. The molecule has 2 amide bonds. The molecule has 1 aromatic carbocycles. The highest BCUT2D eigenvalue weighted by Crippen LogP contribution is 2.22. The largest absolute Gasteiger partial charge is 0.381 e. The second-order valence-electron chi connectivity index (χ2n) is 10.0. The molecule has 9 heteroatoms. The number of nitrogens with one attached hydrogen (secondary N) is 1. The van der Waals surface area contributed by atoms with Crippen LogP contribution in [-0.2, 0) is 28.9 Å². The lowest BCUT2D eigenvalue weighted by atomic mass is 10.1. The number of benzene rings is 1. The number of rotatable bonds is 8. The van der Waals surface area contributed by atoms with Gasteiger partial charge in [0.05, 0.1) is 23.6 Å². The van der Waals surface area contributed by atoms with Crippen molar-refractivity contribution in [1.29, 1.82) is 0 Å². The lowest BCUT2D eigenvalue weighted by Gasteiger charge is -2.19. The standard InChI is InChI=1S/C28H40N4O5/c1-3-23-25-24(8-6-16-36-17-7-13-29-26(25)33)32(30-23)18-20(2)19-37-28(35)22-11-9-21(10-12-22)27(34)31-14-4-5-15-31/h9-12,20,28,35H,3-8,13-19H2,1-2H3,(H,29,33)/t20-,28?/m1/s1. The van der Waals surface area contributed by atoms with Crippen molar-refractivity contribution < 1.29 is 24.2 Å². The Morgan fingerprint density at radius 3 is 2.62 bits per heavy atom. The molecule has 0 radical (unpaired) electrons. The molecule has 0 saturated carbocycles. The van der Waals surface area contributed by atoms with Crippen LogP contribution in [0.1, 0.15) is 83.5 Å². The van der Waals surface area contributed by atoms with E-state index < -0.39 is 6.29 Å². The van der Waals surface area contributed by atoms with E-state index in [-0.39, 0.29) is 17.7 Å². The van der Waals surface area contributed by atoms with Crippen molar-refractivity contribution >= 4 is 11.8 Å². The second kappa shape index (κ2) is 13.2. The molecule has 0 aliphatic carbocycles. The fourth-order valence-electron chi connectivity index (χ4n) is 4.97. The van der Waals surface area contributed by atoms with Crippen molar-refractivity contribution in [3.05, 3.63) is 52.3 Å². The van der Waals surface area contributed by atoms with Gasteiger partial charge in [-0.05, 0) is 56.6 Å². The molecular formula is C28H40N4O5. The summed E-state index contributed by atoms with van der Waals surface area (Å²) in [6.07, 6.45) is 4.05. The first-order valence-electron chi connectivity index (χ1n) is 13.6. The Balaban J connectivity index is 1.37. The topological polar surface area (TPSA) is 106 Å². The van der Waals surface area contributed by atoms with Gasteiger partial charge in [0.15, 0.2) is 6.29 Å². The monoisotopic (exact) mass is 512 g/mol. The Labute approximate surface area is 219 Å². The molecule has 2 aliphatic rings. The first-order valence-corrected chi connectivity index (χ1v) is 13.6. The molecule has 0 bridgehead atoms. The molecule has 2 atom stereocenters. The van der Waals surface area contributed by atoms with E-state index in [1.807, 2.05) is 23.4 Å². The number of aliphatic hydroxyl groups is 1. The Morgan fingerprint density at radius 2 is 1.89 bits per heavy atom. The fraction of sp³-hybridized carbons (Fsp3) is 0.607. The van der Waals surface area contributed by atoms with E-state index in [0.29, 0.717) is 62.4 Å². The van der Waals surface area contributed by atoms with E-state index in [2.05, 4.69) is 5.32 Å². The lowest BCUT2D eigenvalue weighted by Crippen LogP contribution is -2.27. The molecule has 1 unspecified atom stereocenters. The number of ether oxygens (including phenoxy) is 2. The van der Waals surface area contributed by atoms with Crippen molar-refractivity contribution in [3.8, 4) is 0 Å². The van der Waals surface area contributed by atoms with Gasteiger partial charge in [-0.2, -0.15) is 5.10 Å². The highest BCUT2D eigenvalue weighted by Gasteiger charge is 2.24. The van der Waals surface area contributed by atoms with Crippen LogP contribution in [0, 0.1) is 5.92 Å². The molecule has 1 aromatic heterocycles. The minimum absolute atomic E-state index is 0.0378. The number of hydrogen-bond acceptors (Lipinski definition) is 6. The first kappa shape index (κ1) is 27.3. The van der Waals surface area contributed by atoms with Crippen LogP contribution in [0.2, 0.25) is 0 Å². The van der Waals surface area contributed by atoms with Crippen LogP contribution in [0.4, 0.5) is 0 Å². The van der Waals surface area contributed by atoms with Crippen LogP contribution >= 0.6 is 0 Å². The summed E-state index contributed by atoms with van der Waals surface area (Å²) in [6.45, 7) is 8.46. The van der Waals surface area contributed by atoms with Gasteiger partial charge < -0.3 is 24.8 Å². The number of aromatic nitrogens is 2. The van der Waals surface area contributed by atoms with Gasteiger partial charge >= 0.3 is 0 Å². The molecule has 2 aromatic rings. The molecule has 9 nitrogen and oxygen atoms in total. The van der Waals surface area contributed by atoms with Crippen molar-refractivity contribution in [2.75, 3.05) is 39.5 Å². The van der Waals surface area contributed by atoms with E-state index in [1.165, 1.54) is 0 Å². The van der Waals surface area contributed by atoms with Crippen LogP contribution in [0.3, 0.4) is 0 Å². The van der Waals surface area contributed by atoms with Crippen molar-refractivity contribution in [1.82, 2.24) is 20.0 Å². The molecule has 202 valence electrons. The number of aliphatic hydroxyl groups excluding tert-OH is 1. The molecule has 1 fully saturated rings. The quantitative estimate of drug-likeness (QED) is 0.527. The smallest absolute Gasteiger partial charge is 0.255 e. The molecule has 3 heterocycles. The molecule has 2 N–H and O–H groups in total. The van der Waals surface area contributed by atoms with Gasteiger partial charge in [-0.15, -0.1) is 0 Å². The van der Waals surface area contributed by atoms with Crippen LogP contribution in [0.5, 0.6) is 0 Å². The number of carbonyl (C=O) groups is 2. The van der Waals surface area contributed by atoms with Gasteiger partial charge in [0.25, 0.3) is 11.8 Å². The SMILES string of the molecule is CCc1nn(C[C@@H](C)COC(O)c2ccc(C(=O)N3CCCC3)cc2)c2c1C(=O)NCCCOCCC2. The molecule has 4 rings (SSSR count). The lowest BCUT2D eigenvalue weighted by molar-refractivity contribution is -0.113. The Hall–Kier alpha value is -2.75. The first-order chi connectivity index (χ1) is 18.0. The summed E-state index contributed by atoms with van der Waals surface area (Å²) in [5.41, 5.74) is 3.68. The molecular weight excluding hydrogens is 472 g/mol. The number of fused-ring (bicyclic) bond motifs is 1. The van der Waals surface area contributed by atoms with Crippen LogP contribution < -0.4 is 5.32 Å². The Morgan fingerprint density at radius 1 is 1.16 bits per heavy atom. The highest BCUT2D eigenvalue weighted by molar-refractivity contribution is 5.96. The zero-order chi connectivity index (χ0) is 26.2. The number of likely N-dealkylation sites (tertiary alicyclic amines) is 1. The predicted octanol–water partition coefficient (Wildman–Crippen LogP) is 3.11. The van der Waals surface area contributed by atoms with E-state index in [0.717, 1.165) is 50.2 Å². The minimum Gasteiger partial charge on any atom is -0.381 e. The van der Waals surface area contributed by atoms with Crippen LogP contribution in [0.25, 0.3) is 0 Å². The highest BCUT2D eigenvalue weighted by atomic mass is 16.6.